The zero-order valence-corrected chi connectivity index (χ0v) is 23.4. The highest BCUT2D eigenvalue weighted by Crippen LogP contribution is 2.19. The van der Waals surface area contributed by atoms with Crippen molar-refractivity contribution in [2.75, 3.05) is 0 Å². The van der Waals surface area contributed by atoms with Gasteiger partial charge in [0.1, 0.15) is 6.04 Å². The minimum Gasteiger partial charge on any atom is -0.480 e. The average Bonchev–Trinajstić information content (AvgIpc) is 3.30. The summed E-state index contributed by atoms with van der Waals surface area (Å²) in [4.78, 5) is 27.2. The Morgan fingerprint density at radius 1 is 0.757 bits per heavy atom. The van der Waals surface area contributed by atoms with Crippen molar-refractivity contribution in [3.8, 4) is 0 Å². The Bertz CT molecular complexity index is 876. The van der Waals surface area contributed by atoms with Crippen LogP contribution in [0.25, 0.3) is 10.9 Å². The van der Waals surface area contributed by atoms with Crippen molar-refractivity contribution < 1.29 is 14.7 Å². The molecule has 0 aliphatic carbocycles. The molecule has 0 spiro atoms. The number of unbranched alkanes of at least 4 members (excludes halogenated alkanes) is 17. The van der Waals surface area contributed by atoms with Crippen molar-refractivity contribution in [1.82, 2.24) is 10.3 Å². The molecule has 1 amide bonds. The molecule has 1 aromatic heterocycles. The van der Waals surface area contributed by atoms with Gasteiger partial charge < -0.3 is 15.4 Å². The number of carboxylic acid groups (broad SMARTS) is 1. The number of rotatable bonds is 23. The van der Waals surface area contributed by atoms with E-state index in [0.29, 0.717) is 6.42 Å². The van der Waals surface area contributed by atoms with Gasteiger partial charge in [-0.25, -0.2) is 4.79 Å². The summed E-state index contributed by atoms with van der Waals surface area (Å²) in [5, 5.41) is 13.3. The molecule has 2 rings (SSSR count). The van der Waals surface area contributed by atoms with Gasteiger partial charge in [0, 0.05) is 29.9 Å². The fourth-order valence-electron chi connectivity index (χ4n) is 5.17. The average molecular weight is 513 g/mol. The van der Waals surface area contributed by atoms with E-state index in [1.807, 2.05) is 30.5 Å². The Morgan fingerprint density at radius 3 is 1.76 bits per heavy atom. The second-order valence-electron chi connectivity index (χ2n) is 10.8. The molecular formula is C32H52N2O3. The smallest absolute Gasteiger partial charge is 0.326 e. The Kier molecular flexibility index (Phi) is 16.5. The summed E-state index contributed by atoms with van der Waals surface area (Å²) in [6.07, 6.45) is 26.2. The summed E-state index contributed by atoms with van der Waals surface area (Å²) in [5.41, 5.74) is 1.89. The summed E-state index contributed by atoms with van der Waals surface area (Å²) < 4.78 is 0. The molecular weight excluding hydrogens is 460 g/mol. The van der Waals surface area contributed by atoms with Crippen molar-refractivity contribution >= 4 is 22.8 Å². The van der Waals surface area contributed by atoms with Crippen LogP contribution in [-0.2, 0) is 16.0 Å². The second-order valence-corrected chi connectivity index (χ2v) is 10.8. The van der Waals surface area contributed by atoms with Gasteiger partial charge in [0.05, 0.1) is 0 Å². The molecule has 1 atom stereocenters. The van der Waals surface area contributed by atoms with Gasteiger partial charge in [-0.2, -0.15) is 0 Å². The number of carbonyl (C=O) groups is 2. The second kappa shape index (κ2) is 19.8. The van der Waals surface area contributed by atoms with Crippen molar-refractivity contribution in [2.45, 2.75) is 141 Å². The molecule has 1 aromatic carbocycles. The van der Waals surface area contributed by atoms with E-state index in [-0.39, 0.29) is 12.3 Å². The van der Waals surface area contributed by atoms with Crippen LogP contribution in [0.3, 0.4) is 0 Å². The molecule has 1 heterocycles. The number of aromatic amines is 1. The number of aromatic nitrogens is 1. The third-order valence-electron chi connectivity index (χ3n) is 7.49. The first kappa shape index (κ1) is 30.9. The van der Waals surface area contributed by atoms with E-state index in [4.69, 9.17) is 0 Å². The molecule has 0 fully saturated rings. The molecule has 3 N–H and O–H groups in total. The van der Waals surface area contributed by atoms with E-state index < -0.39 is 12.0 Å². The van der Waals surface area contributed by atoms with Crippen molar-refractivity contribution in [1.29, 1.82) is 0 Å². The van der Waals surface area contributed by atoms with Crippen LogP contribution in [0.5, 0.6) is 0 Å². The zero-order chi connectivity index (χ0) is 26.6. The SMILES string of the molecule is CCCCCCCCCCCCCCCCCCCCC(=O)N[C@@H](Cc1c[nH]c2ccccc12)C(=O)O. The standard InChI is InChI=1S/C32H52N2O3/c1-2-3-4-5-6-7-8-9-10-11-12-13-14-15-16-17-18-19-24-31(35)34-30(32(36)37)25-27-26-33-29-23-21-20-22-28(27)29/h20-23,26,30,33H,2-19,24-25H2,1H3,(H,34,35)(H,36,37)/t30-/m0/s1. The Labute approximate surface area is 225 Å². The van der Waals surface area contributed by atoms with E-state index in [1.165, 1.54) is 96.3 Å². The lowest BCUT2D eigenvalue weighted by Crippen LogP contribution is -2.42. The van der Waals surface area contributed by atoms with Gasteiger partial charge in [0.15, 0.2) is 0 Å². The number of nitrogens with one attached hydrogen (secondary N) is 2. The van der Waals surface area contributed by atoms with Crippen LogP contribution in [0.4, 0.5) is 0 Å². The number of aliphatic carboxylic acids is 1. The highest BCUT2D eigenvalue weighted by Gasteiger charge is 2.21. The van der Waals surface area contributed by atoms with Gasteiger partial charge in [0.2, 0.25) is 5.91 Å². The highest BCUT2D eigenvalue weighted by molar-refractivity contribution is 5.86. The third-order valence-corrected chi connectivity index (χ3v) is 7.49. The van der Waals surface area contributed by atoms with Gasteiger partial charge in [-0.15, -0.1) is 0 Å². The quantitative estimate of drug-likeness (QED) is 0.130. The monoisotopic (exact) mass is 512 g/mol. The summed E-state index contributed by atoms with van der Waals surface area (Å²) in [6, 6.07) is 6.92. The maximum absolute atomic E-state index is 12.3. The van der Waals surface area contributed by atoms with E-state index in [0.717, 1.165) is 35.7 Å². The number of amides is 1. The number of H-pyrrole nitrogens is 1. The number of para-hydroxylation sites is 1. The van der Waals surface area contributed by atoms with Crippen LogP contribution in [0.2, 0.25) is 0 Å². The maximum atomic E-state index is 12.3. The van der Waals surface area contributed by atoms with Gasteiger partial charge >= 0.3 is 5.97 Å². The van der Waals surface area contributed by atoms with Gasteiger partial charge in [-0.1, -0.05) is 134 Å². The van der Waals surface area contributed by atoms with Crippen LogP contribution in [0.1, 0.15) is 134 Å². The number of carbonyl (C=O) groups excluding carboxylic acids is 1. The van der Waals surface area contributed by atoms with Gasteiger partial charge in [0.25, 0.3) is 0 Å². The number of carboxylic acids is 1. The third kappa shape index (κ3) is 13.7. The largest absolute Gasteiger partial charge is 0.480 e. The van der Waals surface area contributed by atoms with Crippen LogP contribution >= 0.6 is 0 Å². The molecule has 5 nitrogen and oxygen atoms in total. The van der Waals surface area contributed by atoms with Gasteiger partial charge in [-0.05, 0) is 18.1 Å². The molecule has 0 saturated carbocycles. The molecule has 0 saturated heterocycles. The molecule has 5 heteroatoms. The lowest BCUT2D eigenvalue weighted by Gasteiger charge is -2.14. The molecule has 37 heavy (non-hydrogen) atoms. The molecule has 0 unspecified atom stereocenters. The lowest BCUT2D eigenvalue weighted by atomic mass is 10.0. The Balaban J connectivity index is 1.42. The number of hydrogen-bond donors (Lipinski definition) is 3. The molecule has 0 aliphatic heterocycles. The van der Waals surface area contributed by atoms with Crippen LogP contribution in [0, 0.1) is 0 Å². The van der Waals surface area contributed by atoms with E-state index in [9.17, 15) is 14.7 Å². The summed E-state index contributed by atoms with van der Waals surface area (Å²) in [7, 11) is 0. The summed E-state index contributed by atoms with van der Waals surface area (Å²) >= 11 is 0. The first-order chi connectivity index (χ1) is 18.1. The number of hydrogen-bond acceptors (Lipinski definition) is 2. The number of benzene rings is 1. The minimum atomic E-state index is -0.989. The predicted molar refractivity (Wildman–Crippen MR) is 155 cm³/mol. The molecule has 208 valence electrons. The fourth-order valence-corrected chi connectivity index (χ4v) is 5.17. The molecule has 0 bridgehead atoms. The molecule has 2 aromatic rings. The predicted octanol–water partition coefficient (Wildman–Crippen LogP) is 8.71. The van der Waals surface area contributed by atoms with E-state index in [2.05, 4.69) is 17.2 Å². The minimum absolute atomic E-state index is 0.163. The first-order valence-corrected chi connectivity index (χ1v) is 15.2. The molecule has 0 radical (unpaired) electrons. The lowest BCUT2D eigenvalue weighted by molar-refractivity contribution is -0.141. The maximum Gasteiger partial charge on any atom is 0.326 e. The van der Waals surface area contributed by atoms with E-state index in [1.54, 1.807) is 0 Å². The summed E-state index contributed by atoms with van der Waals surface area (Å²) in [5.74, 6) is -1.15. The fraction of sp³-hybridized carbons (Fsp3) is 0.688. The Hall–Kier alpha value is -2.30. The Morgan fingerprint density at radius 2 is 1.24 bits per heavy atom. The van der Waals surface area contributed by atoms with Gasteiger partial charge in [-0.3, -0.25) is 4.79 Å². The van der Waals surface area contributed by atoms with Crippen molar-refractivity contribution in [3.63, 3.8) is 0 Å². The summed E-state index contributed by atoms with van der Waals surface area (Å²) in [6.45, 7) is 2.28. The molecule has 0 aliphatic rings. The first-order valence-electron chi connectivity index (χ1n) is 15.2. The van der Waals surface area contributed by atoms with Crippen molar-refractivity contribution in [2.24, 2.45) is 0 Å². The number of fused-ring (bicyclic) bond motifs is 1. The zero-order valence-electron chi connectivity index (χ0n) is 23.4. The van der Waals surface area contributed by atoms with Crippen molar-refractivity contribution in [3.05, 3.63) is 36.0 Å². The normalized spacial score (nSPS) is 12.1. The van der Waals surface area contributed by atoms with Crippen LogP contribution < -0.4 is 5.32 Å². The highest BCUT2D eigenvalue weighted by atomic mass is 16.4. The topological polar surface area (TPSA) is 82.2 Å². The van der Waals surface area contributed by atoms with Crippen LogP contribution in [0.15, 0.2) is 30.5 Å². The van der Waals surface area contributed by atoms with Crippen LogP contribution in [-0.4, -0.2) is 28.0 Å². The van der Waals surface area contributed by atoms with E-state index >= 15 is 0 Å².